The highest BCUT2D eigenvalue weighted by Gasteiger charge is 2.12. The summed E-state index contributed by atoms with van der Waals surface area (Å²) in [6.45, 7) is 6.74. The summed E-state index contributed by atoms with van der Waals surface area (Å²) >= 11 is 0. The first-order valence-electron chi connectivity index (χ1n) is 9.90. The molecule has 0 fully saturated rings. The van der Waals surface area contributed by atoms with Crippen molar-refractivity contribution < 1.29 is 5.11 Å². The first kappa shape index (κ1) is 21.0. The fourth-order valence-electron chi connectivity index (χ4n) is 3.03. The van der Waals surface area contributed by atoms with Crippen molar-refractivity contribution in [2.75, 3.05) is 0 Å². The van der Waals surface area contributed by atoms with Crippen LogP contribution < -0.4 is 0 Å². The van der Waals surface area contributed by atoms with E-state index in [1.807, 2.05) is 0 Å². The third-order valence-corrected chi connectivity index (χ3v) is 4.77. The minimum absolute atomic E-state index is 0.0594. The van der Waals surface area contributed by atoms with Crippen LogP contribution in [0.25, 0.3) is 0 Å². The van der Waals surface area contributed by atoms with Crippen LogP contribution in [-0.4, -0.2) is 11.2 Å². The summed E-state index contributed by atoms with van der Waals surface area (Å²) in [6.07, 6.45) is 19.8. The molecule has 0 aromatic rings. The zero-order chi connectivity index (χ0) is 15.8. The fourth-order valence-corrected chi connectivity index (χ4v) is 3.03. The smallest absolute Gasteiger partial charge is 0.0565 e. The molecule has 128 valence electrons. The van der Waals surface area contributed by atoms with Gasteiger partial charge in [0.1, 0.15) is 0 Å². The number of hydrogen-bond acceptors (Lipinski definition) is 1. The Morgan fingerprint density at radius 3 is 1.48 bits per heavy atom. The van der Waals surface area contributed by atoms with E-state index in [0.717, 1.165) is 6.42 Å². The summed E-state index contributed by atoms with van der Waals surface area (Å²) in [5.74, 6) is 0.495. The lowest BCUT2D eigenvalue weighted by atomic mass is 9.93. The van der Waals surface area contributed by atoms with Crippen LogP contribution in [0.2, 0.25) is 0 Å². The third kappa shape index (κ3) is 14.7. The first-order chi connectivity index (χ1) is 10.2. The topological polar surface area (TPSA) is 20.2 Å². The predicted molar refractivity (Wildman–Crippen MR) is 95.8 cm³/mol. The van der Waals surface area contributed by atoms with E-state index >= 15 is 0 Å². The van der Waals surface area contributed by atoms with Crippen LogP contribution in [0.1, 0.15) is 117 Å². The van der Waals surface area contributed by atoms with Gasteiger partial charge < -0.3 is 5.11 Å². The quantitative estimate of drug-likeness (QED) is 0.308. The molecule has 2 atom stereocenters. The zero-order valence-corrected chi connectivity index (χ0v) is 15.2. The van der Waals surface area contributed by atoms with Crippen molar-refractivity contribution >= 4 is 0 Å². The van der Waals surface area contributed by atoms with E-state index in [9.17, 15) is 5.11 Å². The molecule has 0 saturated heterocycles. The Morgan fingerprint density at radius 1 is 0.571 bits per heavy atom. The molecule has 0 rings (SSSR count). The van der Waals surface area contributed by atoms with E-state index in [0.29, 0.717) is 5.92 Å². The molecule has 0 aliphatic carbocycles. The first-order valence-corrected chi connectivity index (χ1v) is 9.90. The maximum absolute atomic E-state index is 10.1. The molecule has 0 bridgehead atoms. The van der Waals surface area contributed by atoms with Crippen LogP contribution in [-0.2, 0) is 0 Å². The Morgan fingerprint density at radius 2 is 0.952 bits per heavy atom. The van der Waals surface area contributed by atoms with E-state index in [-0.39, 0.29) is 6.10 Å². The van der Waals surface area contributed by atoms with Crippen molar-refractivity contribution in [3.05, 3.63) is 0 Å². The van der Waals surface area contributed by atoms with Crippen molar-refractivity contribution in [2.24, 2.45) is 5.92 Å². The van der Waals surface area contributed by atoms with Crippen molar-refractivity contribution in [1.82, 2.24) is 0 Å². The molecule has 0 spiro atoms. The van der Waals surface area contributed by atoms with E-state index in [1.165, 1.54) is 89.9 Å². The second-order valence-electron chi connectivity index (χ2n) is 7.01. The third-order valence-electron chi connectivity index (χ3n) is 4.77. The van der Waals surface area contributed by atoms with Crippen LogP contribution in [0.5, 0.6) is 0 Å². The van der Waals surface area contributed by atoms with Gasteiger partial charge in [-0.25, -0.2) is 0 Å². The van der Waals surface area contributed by atoms with Crippen LogP contribution in [0, 0.1) is 5.92 Å². The van der Waals surface area contributed by atoms with Gasteiger partial charge >= 0.3 is 0 Å². The van der Waals surface area contributed by atoms with Gasteiger partial charge in [-0.1, -0.05) is 104 Å². The lowest BCUT2D eigenvalue weighted by Gasteiger charge is -2.18. The Labute approximate surface area is 134 Å². The van der Waals surface area contributed by atoms with Gasteiger partial charge in [-0.3, -0.25) is 0 Å². The van der Waals surface area contributed by atoms with Crippen LogP contribution >= 0.6 is 0 Å². The van der Waals surface area contributed by atoms with Crippen molar-refractivity contribution in [3.63, 3.8) is 0 Å². The van der Waals surface area contributed by atoms with Crippen molar-refractivity contribution in [3.8, 4) is 0 Å². The molecule has 0 saturated carbocycles. The average Bonchev–Trinajstić information content (AvgIpc) is 2.49. The molecule has 2 unspecified atom stereocenters. The molecule has 1 heteroatoms. The summed E-state index contributed by atoms with van der Waals surface area (Å²) in [7, 11) is 0. The number of aliphatic hydroxyl groups is 1. The van der Waals surface area contributed by atoms with Gasteiger partial charge in [0.2, 0.25) is 0 Å². The number of unbranched alkanes of at least 4 members (excludes halogenated alkanes) is 11. The highest BCUT2D eigenvalue weighted by Crippen LogP contribution is 2.18. The van der Waals surface area contributed by atoms with E-state index in [4.69, 9.17) is 0 Å². The molecule has 0 aromatic heterocycles. The minimum atomic E-state index is -0.0594. The predicted octanol–water partition coefficient (Wildman–Crippen LogP) is 6.87. The summed E-state index contributed by atoms with van der Waals surface area (Å²) < 4.78 is 0. The summed E-state index contributed by atoms with van der Waals surface area (Å²) in [5, 5.41) is 10.1. The Balaban J connectivity index is 3.25. The van der Waals surface area contributed by atoms with Crippen LogP contribution in [0.15, 0.2) is 0 Å². The normalized spacial score (nSPS) is 14.3. The highest BCUT2D eigenvalue weighted by atomic mass is 16.3. The second-order valence-corrected chi connectivity index (χ2v) is 7.01. The highest BCUT2D eigenvalue weighted by molar-refractivity contribution is 4.65. The lowest BCUT2D eigenvalue weighted by Crippen LogP contribution is -2.17. The van der Waals surface area contributed by atoms with E-state index in [1.54, 1.807) is 0 Å². The molecule has 0 radical (unpaired) electrons. The molecule has 0 aliphatic rings. The summed E-state index contributed by atoms with van der Waals surface area (Å²) in [4.78, 5) is 0. The molecule has 0 aromatic carbocycles. The van der Waals surface area contributed by atoms with Gasteiger partial charge in [0.05, 0.1) is 6.10 Å². The minimum Gasteiger partial charge on any atom is -0.393 e. The molecule has 1 nitrogen and oxygen atoms in total. The van der Waals surface area contributed by atoms with Gasteiger partial charge in [-0.05, 0) is 18.8 Å². The Kier molecular flexibility index (Phi) is 16.3. The van der Waals surface area contributed by atoms with Gasteiger partial charge in [0.15, 0.2) is 0 Å². The van der Waals surface area contributed by atoms with Crippen molar-refractivity contribution in [2.45, 2.75) is 123 Å². The Bertz CT molecular complexity index is 190. The second kappa shape index (κ2) is 16.3. The molecule has 21 heavy (non-hydrogen) atoms. The van der Waals surface area contributed by atoms with Gasteiger partial charge in [-0.2, -0.15) is 0 Å². The zero-order valence-electron chi connectivity index (χ0n) is 15.2. The van der Waals surface area contributed by atoms with Gasteiger partial charge in [-0.15, -0.1) is 0 Å². The summed E-state index contributed by atoms with van der Waals surface area (Å²) in [5.41, 5.74) is 0. The van der Waals surface area contributed by atoms with Gasteiger partial charge in [0, 0.05) is 0 Å². The molecule has 0 heterocycles. The largest absolute Gasteiger partial charge is 0.393 e. The fraction of sp³-hybridized carbons (Fsp3) is 1.00. The molecule has 0 aliphatic heterocycles. The van der Waals surface area contributed by atoms with E-state index < -0.39 is 0 Å². The Hall–Kier alpha value is -0.0400. The number of hydrogen-bond donors (Lipinski definition) is 1. The number of rotatable bonds is 16. The van der Waals surface area contributed by atoms with E-state index in [2.05, 4.69) is 20.8 Å². The van der Waals surface area contributed by atoms with Crippen LogP contribution in [0.3, 0.4) is 0 Å². The molecule has 0 amide bonds. The van der Waals surface area contributed by atoms with Gasteiger partial charge in [0.25, 0.3) is 0 Å². The monoisotopic (exact) mass is 298 g/mol. The van der Waals surface area contributed by atoms with Crippen molar-refractivity contribution in [1.29, 1.82) is 0 Å². The number of aliphatic hydroxyl groups excluding tert-OH is 1. The standard InChI is InChI=1S/C20H42O/c1-4-6-8-9-10-11-12-13-14-16-18-20(21)19(3)17-15-7-5-2/h19-21H,4-18H2,1-3H3. The average molecular weight is 299 g/mol. The molecular formula is C20H42O. The summed E-state index contributed by atoms with van der Waals surface area (Å²) in [6, 6.07) is 0. The maximum atomic E-state index is 10.1. The molecular weight excluding hydrogens is 256 g/mol. The van der Waals surface area contributed by atoms with Crippen LogP contribution in [0.4, 0.5) is 0 Å². The SMILES string of the molecule is CCCCCCCCCCCCC(O)C(C)CCCCC. The maximum Gasteiger partial charge on any atom is 0.0565 e. The lowest BCUT2D eigenvalue weighted by molar-refractivity contribution is 0.0985. The molecule has 1 N–H and O–H groups in total.